The lowest BCUT2D eigenvalue weighted by atomic mass is 10.2. The summed E-state index contributed by atoms with van der Waals surface area (Å²) in [7, 11) is 0. The van der Waals surface area contributed by atoms with E-state index in [9.17, 15) is 4.39 Å². The van der Waals surface area contributed by atoms with Gasteiger partial charge in [0.2, 0.25) is 0 Å². The van der Waals surface area contributed by atoms with E-state index in [2.05, 4.69) is 11.9 Å². The average Bonchev–Trinajstić information content (AvgIpc) is 2.88. The molecule has 0 radical (unpaired) electrons. The zero-order chi connectivity index (χ0) is 14.4. The number of fused-ring (bicyclic) bond motifs is 1. The molecule has 2 aromatic rings. The molecule has 0 atom stereocenters. The number of ether oxygens (including phenoxy) is 1. The van der Waals surface area contributed by atoms with Crippen LogP contribution in [0.1, 0.15) is 39.0 Å². The maximum atomic E-state index is 12.5. The van der Waals surface area contributed by atoms with Gasteiger partial charge in [0.1, 0.15) is 17.9 Å². The molecule has 4 heteroatoms. The van der Waals surface area contributed by atoms with Gasteiger partial charge in [-0.15, -0.1) is 0 Å². The summed E-state index contributed by atoms with van der Waals surface area (Å²) in [4.78, 5) is 4.44. The Bertz CT molecular complexity index is 589. The molecule has 0 unspecified atom stereocenters. The van der Waals surface area contributed by atoms with Gasteiger partial charge in [0.05, 0.1) is 6.33 Å². The van der Waals surface area contributed by atoms with E-state index in [1.165, 1.54) is 0 Å². The first kappa shape index (κ1) is 14.6. The van der Waals surface area contributed by atoms with E-state index >= 15 is 0 Å². The van der Waals surface area contributed by atoms with Crippen molar-refractivity contribution in [2.45, 2.75) is 39.5 Å². The van der Waals surface area contributed by atoms with Crippen LogP contribution in [0.2, 0.25) is 0 Å². The van der Waals surface area contributed by atoms with Crippen molar-refractivity contribution < 1.29 is 13.5 Å². The number of benzene rings is 1. The fourth-order valence-corrected chi connectivity index (χ4v) is 1.87. The fourth-order valence-electron chi connectivity index (χ4n) is 1.87. The van der Waals surface area contributed by atoms with Crippen LogP contribution in [0, 0.1) is 0 Å². The van der Waals surface area contributed by atoms with Crippen molar-refractivity contribution in [2.75, 3.05) is 6.61 Å². The number of nitrogens with zero attached hydrogens (tertiary/aromatic N) is 1. The van der Waals surface area contributed by atoms with Crippen molar-refractivity contribution in [3.8, 4) is 5.75 Å². The second-order valence-corrected chi connectivity index (χ2v) is 4.75. The number of unbranched alkanes of at least 4 members (excludes halogenated alkanes) is 1. The van der Waals surface area contributed by atoms with Crippen LogP contribution in [0.15, 0.2) is 34.5 Å². The topological polar surface area (TPSA) is 35.3 Å². The van der Waals surface area contributed by atoms with E-state index < -0.39 is 0 Å². The molecule has 0 aliphatic rings. The first-order chi connectivity index (χ1) is 9.76. The quantitative estimate of drug-likeness (QED) is 0.728. The van der Waals surface area contributed by atoms with Crippen molar-refractivity contribution in [1.82, 2.24) is 4.98 Å². The summed E-state index contributed by atoms with van der Waals surface area (Å²) in [5, 5.41) is 0. The number of aromatic nitrogens is 1. The molecule has 0 saturated carbocycles. The highest BCUT2D eigenvalue weighted by atomic mass is 19.1. The Balaban J connectivity index is 2.08. The number of aryl methyl sites for hydroxylation is 1. The Morgan fingerprint density at radius 3 is 2.95 bits per heavy atom. The molecule has 1 aromatic carbocycles. The van der Waals surface area contributed by atoms with Crippen molar-refractivity contribution in [3.05, 3.63) is 36.0 Å². The molecule has 0 saturated heterocycles. The highest BCUT2D eigenvalue weighted by Crippen LogP contribution is 2.22. The Morgan fingerprint density at radius 1 is 1.40 bits per heavy atom. The largest absolute Gasteiger partial charge is 0.489 e. The van der Waals surface area contributed by atoms with Gasteiger partial charge >= 0.3 is 0 Å². The molecular formula is C16H20FNO2. The summed E-state index contributed by atoms with van der Waals surface area (Å²) in [5.41, 5.74) is 2.19. The van der Waals surface area contributed by atoms with E-state index in [4.69, 9.17) is 9.15 Å². The second kappa shape index (κ2) is 7.08. The van der Waals surface area contributed by atoms with Crippen LogP contribution in [-0.4, -0.2) is 11.6 Å². The van der Waals surface area contributed by atoms with Crippen molar-refractivity contribution >= 4 is 11.1 Å². The molecule has 3 nitrogen and oxygen atoms in total. The van der Waals surface area contributed by atoms with Gasteiger partial charge in [-0.2, -0.15) is 0 Å². The maximum absolute atomic E-state index is 12.5. The van der Waals surface area contributed by atoms with Crippen LogP contribution in [0.25, 0.3) is 11.1 Å². The highest BCUT2D eigenvalue weighted by molar-refractivity contribution is 5.74. The zero-order valence-electron chi connectivity index (χ0n) is 12.0. The van der Waals surface area contributed by atoms with Crippen molar-refractivity contribution in [3.63, 3.8) is 0 Å². The van der Waals surface area contributed by atoms with Crippen LogP contribution in [0.5, 0.6) is 5.75 Å². The average molecular weight is 277 g/mol. The zero-order valence-corrected chi connectivity index (χ0v) is 12.0. The van der Waals surface area contributed by atoms with Gasteiger partial charge in [-0.25, -0.2) is 9.37 Å². The first-order valence-corrected chi connectivity index (χ1v) is 7.07. The molecule has 0 aliphatic heterocycles. The lowest BCUT2D eigenvalue weighted by Crippen LogP contribution is -1.99. The summed E-state index contributed by atoms with van der Waals surface area (Å²) < 4.78 is 23.7. The summed E-state index contributed by atoms with van der Waals surface area (Å²) in [6.07, 6.45) is 4.28. The van der Waals surface area contributed by atoms with Gasteiger partial charge in [0, 0.05) is 12.5 Å². The summed E-state index contributed by atoms with van der Waals surface area (Å²) in [5.74, 6) is 1.44. The fraction of sp³-hybridized carbons (Fsp3) is 0.438. The van der Waals surface area contributed by atoms with Gasteiger partial charge in [-0.05, 0) is 30.5 Å². The molecule has 0 aliphatic carbocycles. The Kier molecular flexibility index (Phi) is 5.16. The molecular weight excluding hydrogens is 257 g/mol. The highest BCUT2D eigenvalue weighted by Gasteiger charge is 2.07. The van der Waals surface area contributed by atoms with Gasteiger partial charge in [0.15, 0.2) is 11.5 Å². The molecule has 0 bridgehead atoms. The molecule has 1 aromatic heterocycles. The maximum Gasteiger partial charge on any atom is 0.195 e. The van der Waals surface area contributed by atoms with Crippen LogP contribution < -0.4 is 4.74 Å². The molecule has 0 N–H and O–H groups in total. The molecule has 0 fully saturated rings. The number of rotatable bonds is 7. The van der Waals surface area contributed by atoms with Gasteiger partial charge in [-0.1, -0.05) is 20.3 Å². The van der Waals surface area contributed by atoms with Gasteiger partial charge in [0.25, 0.3) is 0 Å². The second-order valence-electron chi connectivity index (χ2n) is 4.75. The minimum Gasteiger partial charge on any atom is -0.489 e. The van der Waals surface area contributed by atoms with Crippen LogP contribution in [-0.2, 0) is 6.42 Å². The van der Waals surface area contributed by atoms with Crippen LogP contribution >= 0.6 is 0 Å². The van der Waals surface area contributed by atoms with E-state index in [-0.39, 0.29) is 6.61 Å². The summed E-state index contributed by atoms with van der Waals surface area (Å²) in [6.45, 7) is 4.30. The molecule has 108 valence electrons. The number of oxazole rings is 1. The Labute approximate surface area is 118 Å². The smallest absolute Gasteiger partial charge is 0.195 e. The lowest BCUT2D eigenvalue weighted by Gasteiger charge is -2.06. The predicted octanol–water partition coefficient (Wildman–Crippen LogP) is 4.81. The minimum absolute atomic E-state index is 0.263. The standard InChI is InChI=1S/C16H20FNO2/c1-3-5-6-16-18-14-9-13(7-8-15(14)20-16)19-11-12(4-2)10-17/h7-10H,3-6,11H2,1-2H3/b12-10+. The van der Waals surface area contributed by atoms with Crippen LogP contribution in [0.3, 0.4) is 0 Å². The molecule has 20 heavy (non-hydrogen) atoms. The Hall–Kier alpha value is -1.84. The third-order valence-electron chi connectivity index (χ3n) is 3.18. The SMILES string of the molecule is CCCCc1nc2cc(OC/C(=C/F)CC)ccc2o1. The van der Waals surface area contributed by atoms with E-state index in [1.807, 2.05) is 25.1 Å². The third kappa shape index (κ3) is 3.59. The predicted molar refractivity (Wildman–Crippen MR) is 77.6 cm³/mol. The first-order valence-electron chi connectivity index (χ1n) is 7.07. The van der Waals surface area contributed by atoms with E-state index in [0.29, 0.717) is 24.1 Å². The normalized spacial score (nSPS) is 12.1. The molecule has 1 heterocycles. The number of hydrogen-bond acceptors (Lipinski definition) is 3. The third-order valence-corrected chi connectivity index (χ3v) is 3.18. The molecule has 2 rings (SSSR count). The number of hydrogen-bond donors (Lipinski definition) is 0. The summed E-state index contributed by atoms with van der Waals surface area (Å²) >= 11 is 0. The van der Waals surface area contributed by atoms with Crippen molar-refractivity contribution in [2.24, 2.45) is 0 Å². The van der Waals surface area contributed by atoms with Crippen molar-refractivity contribution in [1.29, 1.82) is 0 Å². The van der Waals surface area contributed by atoms with Gasteiger partial charge in [-0.3, -0.25) is 0 Å². The minimum atomic E-state index is 0.263. The molecule has 0 spiro atoms. The van der Waals surface area contributed by atoms with E-state index in [0.717, 1.165) is 36.3 Å². The summed E-state index contributed by atoms with van der Waals surface area (Å²) in [6, 6.07) is 5.50. The van der Waals surface area contributed by atoms with E-state index in [1.54, 1.807) is 0 Å². The Morgan fingerprint density at radius 2 is 2.25 bits per heavy atom. The van der Waals surface area contributed by atoms with Gasteiger partial charge < -0.3 is 9.15 Å². The lowest BCUT2D eigenvalue weighted by molar-refractivity contribution is 0.346. The molecule has 0 amide bonds. The van der Waals surface area contributed by atoms with Crippen LogP contribution in [0.4, 0.5) is 4.39 Å². The monoisotopic (exact) mass is 277 g/mol. The number of halogens is 1.